The van der Waals surface area contributed by atoms with E-state index >= 15 is 0 Å². The van der Waals surface area contributed by atoms with Gasteiger partial charge in [0.25, 0.3) is 0 Å². The highest BCUT2D eigenvalue weighted by molar-refractivity contribution is 9.10. The van der Waals surface area contributed by atoms with E-state index in [1.54, 1.807) is 0 Å². The van der Waals surface area contributed by atoms with Gasteiger partial charge in [-0.05, 0) is 71.6 Å². The molecule has 1 fully saturated rings. The summed E-state index contributed by atoms with van der Waals surface area (Å²) in [6.45, 7) is 4.68. The van der Waals surface area contributed by atoms with Gasteiger partial charge in [-0.2, -0.15) is 0 Å². The Morgan fingerprint density at radius 2 is 1.89 bits per heavy atom. The molecule has 0 amide bonds. The monoisotopic (exact) mass is 329 g/mol. The van der Waals surface area contributed by atoms with Gasteiger partial charge in [-0.15, -0.1) is 0 Å². The molecule has 2 rings (SSSR count). The molecule has 1 nitrogen and oxygen atoms in total. The van der Waals surface area contributed by atoms with E-state index in [1.165, 1.54) is 31.4 Å². The van der Waals surface area contributed by atoms with Crippen molar-refractivity contribution in [1.82, 2.24) is 0 Å². The van der Waals surface area contributed by atoms with Gasteiger partial charge >= 0.3 is 0 Å². The van der Waals surface area contributed by atoms with Gasteiger partial charge in [-0.25, -0.2) is 0 Å². The van der Waals surface area contributed by atoms with Crippen LogP contribution in [0, 0.1) is 11.8 Å². The lowest BCUT2D eigenvalue weighted by Crippen LogP contribution is -2.27. The van der Waals surface area contributed by atoms with E-state index in [0.29, 0.717) is 6.04 Å². The number of hydrogen-bond donors (Lipinski definition) is 1. The molecule has 0 radical (unpaired) electrons. The molecule has 1 N–H and O–H groups in total. The number of hydrogen-bond acceptors (Lipinski definition) is 1. The van der Waals surface area contributed by atoms with Crippen LogP contribution in [0.25, 0.3) is 0 Å². The third-order valence-electron chi connectivity index (χ3n) is 4.01. The molecule has 100 valence electrons. The Bertz CT molecular complexity index is 397. The van der Waals surface area contributed by atoms with Crippen molar-refractivity contribution in [2.45, 2.75) is 45.6 Å². The SMILES string of the molecule is CC(C)C1CCC(Nc2ccc(Cl)c(Br)c2)CC1. The fraction of sp³-hybridized carbons (Fsp3) is 0.600. The summed E-state index contributed by atoms with van der Waals surface area (Å²) in [6, 6.07) is 6.68. The molecule has 1 aromatic rings. The van der Waals surface area contributed by atoms with Crippen molar-refractivity contribution in [2.24, 2.45) is 11.8 Å². The standard InChI is InChI=1S/C15H21BrClN/c1-10(2)11-3-5-12(6-4-11)18-13-7-8-15(17)14(16)9-13/h7-12,18H,3-6H2,1-2H3. The number of benzene rings is 1. The Kier molecular flexibility index (Phi) is 4.97. The fourth-order valence-electron chi connectivity index (χ4n) is 2.75. The molecule has 1 saturated carbocycles. The predicted octanol–water partition coefficient (Wildman–Crippen LogP) is 5.73. The molecule has 0 heterocycles. The van der Waals surface area contributed by atoms with Crippen LogP contribution in [0.2, 0.25) is 5.02 Å². The van der Waals surface area contributed by atoms with Crippen LogP contribution >= 0.6 is 27.5 Å². The zero-order valence-electron chi connectivity index (χ0n) is 11.0. The van der Waals surface area contributed by atoms with Gasteiger partial charge in [0.15, 0.2) is 0 Å². The van der Waals surface area contributed by atoms with Gasteiger partial charge in [0.2, 0.25) is 0 Å². The maximum absolute atomic E-state index is 6.00. The van der Waals surface area contributed by atoms with Crippen LogP contribution in [0.1, 0.15) is 39.5 Å². The van der Waals surface area contributed by atoms with Gasteiger partial charge in [0, 0.05) is 16.2 Å². The topological polar surface area (TPSA) is 12.0 Å². The van der Waals surface area contributed by atoms with Crippen LogP contribution in [0.4, 0.5) is 5.69 Å². The smallest absolute Gasteiger partial charge is 0.0549 e. The quantitative estimate of drug-likeness (QED) is 0.746. The van der Waals surface area contributed by atoms with Gasteiger partial charge in [0.1, 0.15) is 0 Å². The minimum absolute atomic E-state index is 0.619. The predicted molar refractivity (Wildman–Crippen MR) is 83.4 cm³/mol. The second-order valence-electron chi connectivity index (χ2n) is 5.63. The maximum Gasteiger partial charge on any atom is 0.0549 e. The van der Waals surface area contributed by atoms with Crippen LogP contribution < -0.4 is 5.32 Å². The summed E-state index contributed by atoms with van der Waals surface area (Å²) >= 11 is 9.47. The van der Waals surface area contributed by atoms with Crippen LogP contribution in [0.15, 0.2) is 22.7 Å². The lowest BCUT2D eigenvalue weighted by atomic mass is 9.79. The van der Waals surface area contributed by atoms with Gasteiger partial charge in [-0.1, -0.05) is 25.4 Å². The molecule has 0 unspecified atom stereocenters. The Labute approximate surface area is 123 Å². The first-order chi connectivity index (χ1) is 8.56. The first-order valence-corrected chi connectivity index (χ1v) is 7.95. The van der Waals surface area contributed by atoms with Crippen molar-refractivity contribution in [3.63, 3.8) is 0 Å². The lowest BCUT2D eigenvalue weighted by Gasteiger charge is -2.31. The first kappa shape index (κ1) is 14.2. The second-order valence-corrected chi connectivity index (χ2v) is 6.89. The van der Waals surface area contributed by atoms with E-state index in [2.05, 4.69) is 47.2 Å². The van der Waals surface area contributed by atoms with E-state index in [9.17, 15) is 0 Å². The molecule has 0 bridgehead atoms. The summed E-state index contributed by atoms with van der Waals surface area (Å²) < 4.78 is 0.963. The number of rotatable bonds is 3. The summed E-state index contributed by atoms with van der Waals surface area (Å²) in [5.74, 6) is 1.75. The van der Waals surface area contributed by atoms with Gasteiger partial charge in [0.05, 0.1) is 5.02 Å². The highest BCUT2D eigenvalue weighted by atomic mass is 79.9. The normalized spacial score (nSPS) is 24.3. The Morgan fingerprint density at radius 3 is 2.44 bits per heavy atom. The molecule has 0 aliphatic heterocycles. The molecular weight excluding hydrogens is 310 g/mol. The van der Waals surface area contributed by atoms with Crippen molar-refractivity contribution in [1.29, 1.82) is 0 Å². The maximum atomic E-state index is 6.00. The third kappa shape index (κ3) is 3.64. The highest BCUT2D eigenvalue weighted by Crippen LogP contribution is 2.32. The molecule has 0 spiro atoms. The largest absolute Gasteiger partial charge is 0.382 e. The zero-order chi connectivity index (χ0) is 13.1. The summed E-state index contributed by atoms with van der Waals surface area (Å²) in [6.07, 6.45) is 5.26. The van der Waals surface area contributed by atoms with Crippen molar-refractivity contribution in [3.8, 4) is 0 Å². The summed E-state index contributed by atoms with van der Waals surface area (Å²) in [4.78, 5) is 0. The minimum atomic E-state index is 0.619. The number of halogens is 2. The van der Waals surface area contributed by atoms with Crippen molar-refractivity contribution in [2.75, 3.05) is 5.32 Å². The van der Waals surface area contributed by atoms with Gasteiger partial charge in [-0.3, -0.25) is 0 Å². The highest BCUT2D eigenvalue weighted by Gasteiger charge is 2.23. The zero-order valence-corrected chi connectivity index (χ0v) is 13.4. The molecular formula is C15H21BrClN. The Balaban J connectivity index is 1.89. The summed E-state index contributed by atoms with van der Waals surface area (Å²) in [7, 11) is 0. The Morgan fingerprint density at radius 1 is 1.22 bits per heavy atom. The third-order valence-corrected chi connectivity index (χ3v) is 5.22. The van der Waals surface area contributed by atoms with Crippen LogP contribution in [0.5, 0.6) is 0 Å². The number of nitrogens with one attached hydrogen (secondary N) is 1. The molecule has 0 aromatic heterocycles. The van der Waals surface area contributed by atoms with E-state index in [1.807, 2.05) is 6.07 Å². The van der Waals surface area contributed by atoms with E-state index < -0.39 is 0 Å². The first-order valence-electron chi connectivity index (χ1n) is 6.78. The van der Waals surface area contributed by atoms with Crippen molar-refractivity contribution >= 4 is 33.2 Å². The van der Waals surface area contributed by atoms with E-state index in [4.69, 9.17) is 11.6 Å². The van der Waals surface area contributed by atoms with Crippen LogP contribution in [-0.4, -0.2) is 6.04 Å². The summed E-state index contributed by atoms with van der Waals surface area (Å²) in [5, 5.41) is 4.39. The lowest BCUT2D eigenvalue weighted by molar-refractivity contribution is 0.267. The molecule has 3 heteroatoms. The fourth-order valence-corrected chi connectivity index (χ4v) is 3.25. The van der Waals surface area contributed by atoms with Crippen molar-refractivity contribution in [3.05, 3.63) is 27.7 Å². The minimum Gasteiger partial charge on any atom is -0.382 e. The van der Waals surface area contributed by atoms with Crippen LogP contribution in [-0.2, 0) is 0 Å². The Hall–Kier alpha value is -0.210. The van der Waals surface area contributed by atoms with Gasteiger partial charge < -0.3 is 5.32 Å². The molecule has 0 atom stereocenters. The van der Waals surface area contributed by atoms with Crippen molar-refractivity contribution < 1.29 is 0 Å². The number of anilines is 1. The molecule has 1 aromatic carbocycles. The van der Waals surface area contributed by atoms with E-state index in [-0.39, 0.29) is 0 Å². The average molecular weight is 331 g/mol. The van der Waals surface area contributed by atoms with E-state index in [0.717, 1.165) is 21.3 Å². The summed E-state index contributed by atoms with van der Waals surface area (Å²) in [5.41, 5.74) is 1.17. The molecule has 1 aliphatic rings. The average Bonchev–Trinajstić information content (AvgIpc) is 2.34. The van der Waals surface area contributed by atoms with Crippen LogP contribution in [0.3, 0.4) is 0 Å². The molecule has 18 heavy (non-hydrogen) atoms. The molecule has 1 aliphatic carbocycles. The molecule has 0 saturated heterocycles. The second kappa shape index (κ2) is 6.29.